The highest BCUT2D eigenvalue weighted by Gasteiger charge is 2.22. The number of carbonyl (C=O) groups is 1. The number of benzene rings is 2. The summed E-state index contributed by atoms with van der Waals surface area (Å²) in [6.45, 7) is 13.0. The average molecular weight is 388 g/mol. The van der Waals surface area contributed by atoms with Gasteiger partial charge < -0.3 is 5.32 Å². The van der Waals surface area contributed by atoms with Crippen molar-refractivity contribution in [3.05, 3.63) is 63.6 Å². The molecular formula is C21H26BrNO. The summed E-state index contributed by atoms with van der Waals surface area (Å²) >= 11 is 3.41. The van der Waals surface area contributed by atoms with Gasteiger partial charge in [-0.25, -0.2) is 0 Å². The van der Waals surface area contributed by atoms with Crippen LogP contribution in [0.3, 0.4) is 0 Å². The summed E-state index contributed by atoms with van der Waals surface area (Å²) in [4.78, 5) is 12.7. The Morgan fingerprint density at radius 2 is 1.29 bits per heavy atom. The van der Waals surface area contributed by atoms with Gasteiger partial charge in [0.25, 0.3) is 5.91 Å². The van der Waals surface area contributed by atoms with Crippen molar-refractivity contribution in [2.75, 3.05) is 5.32 Å². The molecule has 0 aromatic heterocycles. The smallest absolute Gasteiger partial charge is 0.255 e. The molecular weight excluding hydrogens is 362 g/mol. The van der Waals surface area contributed by atoms with E-state index in [0.717, 1.165) is 10.2 Å². The maximum atomic E-state index is 12.7. The number of nitrogens with one attached hydrogen (secondary N) is 1. The van der Waals surface area contributed by atoms with Crippen molar-refractivity contribution in [1.29, 1.82) is 0 Å². The highest BCUT2D eigenvalue weighted by Crippen LogP contribution is 2.30. The number of carbonyl (C=O) groups excluding carboxylic acids is 1. The minimum Gasteiger partial charge on any atom is -0.322 e. The Bertz CT molecular complexity index is 702. The lowest BCUT2D eigenvalue weighted by molar-refractivity contribution is 0.102. The van der Waals surface area contributed by atoms with Gasteiger partial charge in [0.2, 0.25) is 0 Å². The number of anilines is 1. The van der Waals surface area contributed by atoms with E-state index in [4.69, 9.17) is 0 Å². The molecule has 0 unspecified atom stereocenters. The molecule has 0 radical (unpaired) electrons. The Labute approximate surface area is 153 Å². The van der Waals surface area contributed by atoms with Gasteiger partial charge in [-0.1, -0.05) is 63.5 Å². The largest absolute Gasteiger partial charge is 0.322 e. The minimum absolute atomic E-state index is 0.00605. The monoisotopic (exact) mass is 387 g/mol. The highest BCUT2D eigenvalue weighted by atomic mass is 79.9. The lowest BCUT2D eigenvalue weighted by atomic mass is 9.79. The first-order valence-corrected chi connectivity index (χ1v) is 8.99. The minimum atomic E-state index is -0.0751. The Morgan fingerprint density at radius 3 is 1.71 bits per heavy atom. The van der Waals surface area contributed by atoms with Crippen LogP contribution in [0.5, 0.6) is 0 Å². The Kier molecular flexibility index (Phi) is 5.24. The highest BCUT2D eigenvalue weighted by molar-refractivity contribution is 9.10. The summed E-state index contributed by atoms with van der Waals surface area (Å²) in [5.74, 6) is -0.0751. The number of hydrogen-bond acceptors (Lipinski definition) is 1. The van der Waals surface area contributed by atoms with E-state index >= 15 is 0 Å². The second-order valence-corrected chi connectivity index (χ2v) is 9.18. The van der Waals surface area contributed by atoms with E-state index in [1.165, 1.54) is 11.1 Å². The predicted octanol–water partition coefficient (Wildman–Crippen LogP) is 6.30. The van der Waals surface area contributed by atoms with Crippen LogP contribution in [0.15, 0.2) is 46.9 Å². The second-order valence-electron chi connectivity index (χ2n) is 8.26. The molecule has 0 atom stereocenters. The SMILES string of the molecule is CC(C)(C)c1cc(C(=O)Nc2ccc(Br)cc2)cc(C(C)(C)C)c1. The van der Waals surface area contributed by atoms with Crippen LogP contribution in [0.1, 0.15) is 63.0 Å². The molecule has 1 amide bonds. The standard InChI is InChI=1S/C21H26BrNO/c1-20(2,3)15-11-14(12-16(13-15)21(4,5)6)19(24)23-18-9-7-17(22)8-10-18/h7-13H,1-6H3,(H,23,24). The Morgan fingerprint density at radius 1 is 0.833 bits per heavy atom. The maximum Gasteiger partial charge on any atom is 0.255 e. The molecule has 128 valence electrons. The summed E-state index contributed by atoms with van der Waals surface area (Å²) in [6, 6.07) is 13.8. The maximum absolute atomic E-state index is 12.7. The van der Waals surface area contributed by atoms with Crippen molar-refractivity contribution in [3.63, 3.8) is 0 Å². The zero-order valence-corrected chi connectivity index (χ0v) is 16.9. The van der Waals surface area contributed by atoms with Crippen LogP contribution in [0.25, 0.3) is 0 Å². The van der Waals surface area contributed by atoms with Crippen molar-refractivity contribution in [3.8, 4) is 0 Å². The van der Waals surface area contributed by atoms with Gasteiger partial charge in [-0.05, 0) is 58.4 Å². The van der Waals surface area contributed by atoms with Crippen LogP contribution in [-0.4, -0.2) is 5.91 Å². The van der Waals surface area contributed by atoms with E-state index in [0.29, 0.717) is 5.56 Å². The molecule has 2 aromatic carbocycles. The van der Waals surface area contributed by atoms with Crippen molar-refractivity contribution in [1.82, 2.24) is 0 Å². The molecule has 2 nitrogen and oxygen atoms in total. The quantitative estimate of drug-likeness (QED) is 0.643. The molecule has 0 aliphatic heterocycles. The molecule has 2 aromatic rings. The molecule has 0 aliphatic rings. The van der Waals surface area contributed by atoms with Gasteiger partial charge >= 0.3 is 0 Å². The summed E-state index contributed by atoms with van der Waals surface area (Å²) in [6.07, 6.45) is 0. The summed E-state index contributed by atoms with van der Waals surface area (Å²) in [7, 11) is 0. The van der Waals surface area contributed by atoms with Crippen molar-refractivity contribution >= 4 is 27.5 Å². The molecule has 0 spiro atoms. The molecule has 0 fully saturated rings. The van der Waals surface area contributed by atoms with E-state index < -0.39 is 0 Å². The van der Waals surface area contributed by atoms with Crippen LogP contribution in [-0.2, 0) is 10.8 Å². The van der Waals surface area contributed by atoms with Gasteiger partial charge in [0.15, 0.2) is 0 Å². The van der Waals surface area contributed by atoms with Gasteiger partial charge in [0.05, 0.1) is 0 Å². The molecule has 3 heteroatoms. The fourth-order valence-corrected chi connectivity index (χ4v) is 2.63. The van der Waals surface area contributed by atoms with Crippen LogP contribution < -0.4 is 5.32 Å². The average Bonchev–Trinajstić information content (AvgIpc) is 2.47. The van der Waals surface area contributed by atoms with Gasteiger partial charge in [0, 0.05) is 15.7 Å². The molecule has 24 heavy (non-hydrogen) atoms. The molecule has 0 bridgehead atoms. The normalized spacial score (nSPS) is 12.1. The summed E-state index contributed by atoms with van der Waals surface area (Å²) in [5.41, 5.74) is 3.84. The summed E-state index contributed by atoms with van der Waals surface area (Å²) < 4.78 is 0.991. The van der Waals surface area contributed by atoms with Crippen molar-refractivity contribution in [2.24, 2.45) is 0 Å². The Balaban J connectivity index is 2.40. The third-order valence-corrected chi connectivity index (χ3v) is 4.56. The number of hydrogen-bond donors (Lipinski definition) is 1. The Hall–Kier alpha value is -1.61. The number of halogens is 1. The molecule has 0 aliphatic carbocycles. The first kappa shape index (κ1) is 18.7. The fraction of sp³-hybridized carbons (Fsp3) is 0.381. The van der Waals surface area contributed by atoms with Gasteiger partial charge in [-0.15, -0.1) is 0 Å². The van der Waals surface area contributed by atoms with E-state index in [1.54, 1.807) is 0 Å². The molecule has 0 saturated heterocycles. The van der Waals surface area contributed by atoms with Crippen LogP contribution in [0.2, 0.25) is 0 Å². The second kappa shape index (κ2) is 6.72. The topological polar surface area (TPSA) is 29.1 Å². The van der Waals surface area contributed by atoms with Gasteiger partial charge in [-0.2, -0.15) is 0 Å². The number of amides is 1. The van der Waals surface area contributed by atoms with E-state index in [2.05, 4.69) is 68.9 Å². The van der Waals surface area contributed by atoms with Crippen molar-refractivity contribution in [2.45, 2.75) is 52.4 Å². The zero-order valence-electron chi connectivity index (χ0n) is 15.3. The third-order valence-electron chi connectivity index (χ3n) is 4.03. The summed E-state index contributed by atoms with van der Waals surface area (Å²) in [5, 5.41) is 2.98. The first-order valence-electron chi connectivity index (χ1n) is 8.20. The van der Waals surface area contributed by atoms with Crippen LogP contribution in [0.4, 0.5) is 5.69 Å². The predicted molar refractivity (Wildman–Crippen MR) is 106 cm³/mol. The lowest BCUT2D eigenvalue weighted by Gasteiger charge is -2.26. The van der Waals surface area contributed by atoms with Gasteiger partial charge in [-0.3, -0.25) is 4.79 Å². The van der Waals surface area contributed by atoms with Gasteiger partial charge in [0.1, 0.15) is 0 Å². The lowest BCUT2D eigenvalue weighted by Crippen LogP contribution is -2.20. The molecule has 1 N–H and O–H groups in total. The van der Waals surface area contributed by atoms with Crippen LogP contribution >= 0.6 is 15.9 Å². The third kappa shape index (κ3) is 4.70. The number of rotatable bonds is 2. The fourth-order valence-electron chi connectivity index (χ4n) is 2.36. The molecule has 0 heterocycles. The molecule has 0 saturated carbocycles. The van der Waals surface area contributed by atoms with E-state index in [1.807, 2.05) is 36.4 Å². The molecule has 2 rings (SSSR count). The zero-order chi connectivity index (χ0) is 18.1. The van der Waals surface area contributed by atoms with E-state index in [9.17, 15) is 4.79 Å². The van der Waals surface area contributed by atoms with E-state index in [-0.39, 0.29) is 16.7 Å². The van der Waals surface area contributed by atoms with Crippen molar-refractivity contribution < 1.29 is 4.79 Å². The van der Waals surface area contributed by atoms with Crippen LogP contribution in [0, 0.1) is 0 Å². The first-order chi connectivity index (χ1) is 11.0.